The molecule has 6 heteroatoms. The van der Waals surface area contributed by atoms with Gasteiger partial charge in [-0.25, -0.2) is 4.79 Å². The summed E-state index contributed by atoms with van der Waals surface area (Å²) < 4.78 is 5.36. The zero-order valence-corrected chi connectivity index (χ0v) is 14.2. The Morgan fingerprint density at radius 1 is 1.30 bits per heavy atom. The maximum absolute atomic E-state index is 12.3. The van der Waals surface area contributed by atoms with E-state index in [-0.39, 0.29) is 18.5 Å². The number of hydrogen-bond acceptors (Lipinski definition) is 4. The number of nitrogen functional groups attached to an aromatic ring is 1. The van der Waals surface area contributed by atoms with Crippen LogP contribution in [0, 0.1) is 0 Å². The molecule has 6 nitrogen and oxygen atoms in total. The van der Waals surface area contributed by atoms with Gasteiger partial charge < -0.3 is 15.4 Å². The molecule has 2 amide bonds. The van der Waals surface area contributed by atoms with Gasteiger partial charge in [0.1, 0.15) is 12.1 Å². The van der Waals surface area contributed by atoms with Gasteiger partial charge in [0.15, 0.2) is 0 Å². The van der Waals surface area contributed by atoms with Crippen molar-refractivity contribution in [1.29, 1.82) is 0 Å². The summed E-state index contributed by atoms with van der Waals surface area (Å²) in [6.45, 7) is 8.42. The van der Waals surface area contributed by atoms with E-state index in [1.165, 1.54) is 4.90 Å². The van der Waals surface area contributed by atoms with Crippen molar-refractivity contribution in [2.24, 2.45) is 0 Å². The predicted molar refractivity (Wildman–Crippen MR) is 88.7 cm³/mol. The Balaban J connectivity index is 2.00. The average Bonchev–Trinajstić information content (AvgIpc) is 2.43. The molecule has 0 spiro atoms. The van der Waals surface area contributed by atoms with Crippen LogP contribution < -0.4 is 5.73 Å². The highest BCUT2D eigenvalue weighted by Crippen LogP contribution is 2.18. The molecule has 1 aliphatic rings. The number of anilines is 1. The molecular formula is C17H25N3O3. The third kappa shape index (κ3) is 4.61. The first-order valence-corrected chi connectivity index (χ1v) is 7.77. The Morgan fingerprint density at radius 2 is 1.91 bits per heavy atom. The Bertz CT molecular complexity index is 578. The number of amides is 2. The molecule has 0 bridgehead atoms. The van der Waals surface area contributed by atoms with Crippen molar-refractivity contribution in [3.63, 3.8) is 0 Å². The van der Waals surface area contributed by atoms with Crippen molar-refractivity contribution in [1.82, 2.24) is 9.80 Å². The summed E-state index contributed by atoms with van der Waals surface area (Å²) in [5, 5.41) is 0. The van der Waals surface area contributed by atoms with Crippen LogP contribution in [-0.4, -0.2) is 46.5 Å². The van der Waals surface area contributed by atoms with Crippen molar-refractivity contribution in [2.75, 3.05) is 18.8 Å². The average molecular weight is 319 g/mol. The Hall–Kier alpha value is -2.24. The molecule has 126 valence electrons. The largest absolute Gasteiger partial charge is 0.444 e. The molecule has 1 atom stereocenters. The van der Waals surface area contributed by atoms with Gasteiger partial charge in [-0.2, -0.15) is 0 Å². The van der Waals surface area contributed by atoms with Crippen LogP contribution in [0.25, 0.3) is 0 Å². The van der Waals surface area contributed by atoms with Gasteiger partial charge in [0.05, 0.1) is 6.04 Å². The third-order valence-electron chi connectivity index (χ3n) is 3.66. The summed E-state index contributed by atoms with van der Waals surface area (Å²) in [7, 11) is 0. The van der Waals surface area contributed by atoms with Crippen LogP contribution in [0.5, 0.6) is 0 Å². The highest BCUT2D eigenvalue weighted by atomic mass is 16.6. The minimum atomic E-state index is -0.568. The molecule has 0 radical (unpaired) electrons. The Labute approximate surface area is 137 Å². The minimum absolute atomic E-state index is 0.0467. The molecule has 0 aromatic heterocycles. The van der Waals surface area contributed by atoms with Gasteiger partial charge in [-0.3, -0.25) is 9.69 Å². The number of nitrogens with zero attached hydrogens (tertiary/aromatic N) is 2. The molecule has 1 aliphatic heterocycles. The zero-order chi connectivity index (χ0) is 17.2. The molecule has 1 heterocycles. The number of ether oxygens (including phenoxy) is 1. The molecular weight excluding hydrogens is 294 g/mol. The van der Waals surface area contributed by atoms with Crippen LogP contribution in [-0.2, 0) is 16.1 Å². The number of nitrogens with two attached hydrogens (primary N) is 1. The lowest BCUT2D eigenvalue weighted by Gasteiger charge is -2.39. The molecule has 0 aliphatic carbocycles. The minimum Gasteiger partial charge on any atom is -0.444 e. The van der Waals surface area contributed by atoms with Crippen molar-refractivity contribution in [3.05, 3.63) is 29.8 Å². The number of piperazine rings is 1. The van der Waals surface area contributed by atoms with Gasteiger partial charge in [-0.15, -0.1) is 0 Å². The van der Waals surface area contributed by atoms with E-state index in [0.717, 1.165) is 5.56 Å². The smallest absolute Gasteiger partial charge is 0.411 e. The number of carbonyl (C=O) groups is 2. The first-order chi connectivity index (χ1) is 10.7. The first kappa shape index (κ1) is 17.1. The summed E-state index contributed by atoms with van der Waals surface area (Å²) in [4.78, 5) is 27.8. The fourth-order valence-corrected chi connectivity index (χ4v) is 2.48. The second-order valence-electron chi connectivity index (χ2n) is 6.97. The molecule has 2 rings (SSSR count). The lowest BCUT2D eigenvalue weighted by molar-refractivity contribution is -0.138. The molecule has 1 fully saturated rings. The molecule has 2 N–H and O–H groups in total. The van der Waals surface area contributed by atoms with Crippen LogP contribution in [0.15, 0.2) is 24.3 Å². The van der Waals surface area contributed by atoms with E-state index in [1.54, 1.807) is 4.90 Å². The summed E-state index contributed by atoms with van der Waals surface area (Å²) in [5.74, 6) is -0.0780. The monoisotopic (exact) mass is 319 g/mol. The van der Waals surface area contributed by atoms with E-state index in [0.29, 0.717) is 18.8 Å². The maximum atomic E-state index is 12.3. The Morgan fingerprint density at radius 3 is 2.48 bits per heavy atom. The van der Waals surface area contributed by atoms with Crippen LogP contribution in [0.2, 0.25) is 0 Å². The topological polar surface area (TPSA) is 75.9 Å². The van der Waals surface area contributed by atoms with Crippen LogP contribution in [0.1, 0.15) is 33.3 Å². The summed E-state index contributed by atoms with van der Waals surface area (Å²) in [6, 6.07) is 7.37. The van der Waals surface area contributed by atoms with Gasteiger partial charge in [0, 0.05) is 18.8 Å². The van der Waals surface area contributed by atoms with E-state index in [2.05, 4.69) is 0 Å². The van der Waals surface area contributed by atoms with E-state index in [9.17, 15) is 9.59 Å². The lowest BCUT2D eigenvalue weighted by Crippen LogP contribution is -2.57. The van der Waals surface area contributed by atoms with Gasteiger partial charge in [0.25, 0.3) is 0 Å². The van der Waals surface area contributed by atoms with Crippen molar-refractivity contribution in [2.45, 2.75) is 45.9 Å². The quantitative estimate of drug-likeness (QED) is 0.848. The molecule has 1 aromatic carbocycles. The molecule has 1 unspecified atom stereocenters. The summed E-state index contributed by atoms with van der Waals surface area (Å²) in [6.07, 6.45) is -0.439. The van der Waals surface area contributed by atoms with Crippen LogP contribution in [0.4, 0.5) is 10.5 Å². The van der Waals surface area contributed by atoms with Crippen LogP contribution >= 0.6 is 0 Å². The normalized spacial score (nSPS) is 19.0. The van der Waals surface area contributed by atoms with Crippen LogP contribution in [0.3, 0.4) is 0 Å². The van der Waals surface area contributed by atoms with Gasteiger partial charge in [-0.1, -0.05) is 12.1 Å². The summed E-state index contributed by atoms with van der Waals surface area (Å²) in [5.41, 5.74) is 6.82. The molecule has 1 aromatic rings. The Kier molecular flexibility index (Phi) is 4.82. The third-order valence-corrected chi connectivity index (χ3v) is 3.66. The van der Waals surface area contributed by atoms with Gasteiger partial charge >= 0.3 is 6.09 Å². The number of rotatable bonds is 2. The van der Waals surface area contributed by atoms with E-state index in [4.69, 9.17) is 10.5 Å². The van der Waals surface area contributed by atoms with Crippen molar-refractivity contribution >= 4 is 17.7 Å². The lowest BCUT2D eigenvalue weighted by atomic mass is 10.1. The highest BCUT2D eigenvalue weighted by Gasteiger charge is 2.34. The van der Waals surface area contributed by atoms with Crippen molar-refractivity contribution in [3.8, 4) is 0 Å². The fraction of sp³-hybridized carbons (Fsp3) is 0.529. The summed E-state index contributed by atoms with van der Waals surface area (Å²) >= 11 is 0. The first-order valence-electron chi connectivity index (χ1n) is 7.77. The van der Waals surface area contributed by atoms with Gasteiger partial charge in [0.2, 0.25) is 5.91 Å². The number of hydrogen-bond donors (Lipinski definition) is 1. The highest BCUT2D eigenvalue weighted by molar-refractivity contribution is 5.84. The van der Waals surface area contributed by atoms with E-state index < -0.39 is 11.7 Å². The second-order valence-corrected chi connectivity index (χ2v) is 6.97. The van der Waals surface area contributed by atoms with Crippen molar-refractivity contribution < 1.29 is 14.3 Å². The molecule has 0 saturated carbocycles. The number of benzene rings is 1. The standard InChI is InChI=1S/C17H25N3O3/c1-12-9-19(10-13-5-7-14(18)8-6-13)15(21)11-20(12)16(22)23-17(2,3)4/h5-8,12H,9-11,18H2,1-4H3. The maximum Gasteiger partial charge on any atom is 0.411 e. The second kappa shape index (κ2) is 6.48. The van der Waals surface area contributed by atoms with E-state index in [1.807, 2.05) is 52.0 Å². The zero-order valence-electron chi connectivity index (χ0n) is 14.2. The SMILES string of the molecule is CC1CN(Cc2ccc(N)cc2)C(=O)CN1C(=O)OC(C)(C)C. The van der Waals surface area contributed by atoms with Gasteiger partial charge in [-0.05, 0) is 45.4 Å². The molecule has 1 saturated heterocycles. The molecule has 23 heavy (non-hydrogen) atoms. The number of carbonyl (C=O) groups excluding carboxylic acids is 2. The predicted octanol–water partition coefficient (Wildman–Crippen LogP) is 2.24. The van der Waals surface area contributed by atoms with E-state index >= 15 is 0 Å². The fourth-order valence-electron chi connectivity index (χ4n) is 2.48.